The summed E-state index contributed by atoms with van der Waals surface area (Å²) in [6.07, 6.45) is 0.215. The zero-order valence-corrected chi connectivity index (χ0v) is 9.58. The van der Waals surface area contributed by atoms with E-state index in [0.29, 0.717) is 11.1 Å². The summed E-state index contributed by atoms with van der Waals surface area (Å²) < 4.78 is 18.1. The number of benzene rings is 1. The lowest BCUT2D eigenvalue weighted by Gasteiger charge is -2.11. The Kier molecular flexibility index (Phi) is 3.88. The lowest BCUT2D eigenvalue weighted by molar-refractivity contribution is -0.144. The summed E-state index contributed by atoms with van der Waals surface area (Å²) in [7, 11) is 1.29. The standard InChI is InChI=1S/C12H15FO3/c1-7-4-5-9(10(13)11(7)14)6-8(2)12(15)16-3/h4-5,8,14H,6H2,1-3H3. The van der Waals surface area contributed by atoms with Gasteiger partial charge in [-0.3, -0.25) is 4.79 Å². The Morgan fingerprint density at radius 3 is 2.75 bits per heavy atom. The molecule has 1 aromatic rings. The fraction of sp³-hybridized carbons (Fsp3) is 0.417. The van der Waals surface area contributed by atoms with Gasteiger partial charge in [-0.15, -0.1) is 0 Å². The smallest absolute Gasteiger partial charge is 0.308 e. The number of aryl methyl sites for hydroxylation is 1. The molecular weight excluding hydrogens is 211 g/mol. The van der Waals surface area contributed by atoms with Crippen LogP contribution in [0, 0.1) is 18.7 Å². The van der Waals surface area contributed by atoms with E-state index in [1.807, 2.05) is 0 Å². The van der Waals surface area contributed by atoms with Gasteiger partial charge in [0.15, 0.2) is 11.6 Å². The van der Waals surface area contributed by atoms with Gasteiger partial charge in [0.2, 0.25) is 0 Å². The molecule has 0 aliphatic carbocycles. The van der Waals surface area contributed by atoms with Gasteiger partial charge in [-0.05, 0) is 24.5 Å². The number of carbonyl (C=O) groups excluding carboxylic acids is 1. The SMILES string of the molecule is COC(=O)C(C)Cc1ccc(C)c(O)c1F. The summed E-state index contributed by atoms with van der Waals surface area (Å²) in [4.78, 5) is 11.2. The molecule has 0 aromatic heterocycles. The highest BCUT2D eigenvalue weighted by Gasteiger charge is 2.18. The van der Waals surface area contributed by atoms with Gasteiger partial charge in [0.1, 0.15) is 0 Å². The predicted octanol–water partition coefficient (Wildman–Crippen LogP) is 2.19. The molecule has 0 saturated carbocycles. The van der Waals surface area contributed by atoms with Crippen LogP contribution in [0.5, 0.6) is 5.75 Å². The van der Waals surface area contributed by atoms with E-state index in [1.54, 1.807) is 26.0 Å². The Morgan fingerprint density at radius 1 is 1.56 bits per heavy atom. The molecule has 0 heterocycles. The van der Waals surface area contributed by atoms with E-state index in [4.69, 9.17) is 0 Å². The van der Waals surface area contributed by atoms with E-state index in [2.05, 4.69) is 4.74 Å². The molecule has 0 fully saturated rings. The van der Waals surface area contributed by atoms with E-state index in [0.717, 1.165) is 0 Å². The highest BCUT2D eigenvalue weighted by molar-refractivity contribution is 5.72. The molecule has 0 aliphatic heterocycles. The Bertz CT molecular complexity index is 401. The highest BCUT2D eigenvalue weighted by atomic mass is 19.1. The molecule has 4 heteroatoms. The largest absolute Gasteiger partial charge is 0.505 e. The van der Waals surface area contributed by atoms with Crippen molar-refractivity contribution in [2.45, 2.75) is 20.3 Å². The lowest BCUT2D eigenvalue weighted by atomic mass is 9.99. The van der Waals surface area contributed by atoms with Crippen LogP contribution in [-0.4, -0.2) is 18.2 Å². The molecule has 1 aromatic carbocycles. The molecule has 0 spiro atoms. The van der Waals surface area contributed by atoms with Crippen molar-refractivity contribution in [1.29, 1.82) is 0 Å². The second-order valence-corrected chi connectivity index (χ2v) is 3.83. The molecule has 3 nitrogen and oxygen atoms in total. The highest BCUT2D eigenvalue weighted by Crippen LogP contribution is 2.25. The maximum Gasteiger partial charge on any atom is 0.308 e. The van der Waals surface area contributed by atoms with E-state index in [1.165, 1.54) is 7.11 Å². The van der Waals surface area contributed by atoms with E-state index < -0.39 is 11.7 Å². The summed E-state index contributed by atoms with van der Waals surface area (Å²) >= 11 is 0. The van der Waals surface area contributed by atoms with Crippen molar-refractivity contribution in [3.63, 3.8) is 0 Å². The Labute approximate surface area is 93.9 Å². The number of phenols is 1. The zero-order valence-electron chi connectivity index (χ0n) is 9.58. The molecule has 1 N–H and O–H groups in total. The first kappa shape index (κ1) is 12.5. The minimum atomic E-state index is -0.657. The van der Waals surface area contributed by atoms with Crippen molar-refractivity contribution < 1.29 is 19.0 Å². The molecule has 0 radical (unpaired) electrons. The Balaban J connectivity index is 2.90. The summed E-state index contributed by atoms with van der Waals surface area (Å²) in [5.74, 6) is -1.83. The van der Waals surface area contributed by atoms with Crippen LogP contribution < -0.4 is 0 Å². The molecule has 0 amide bonds. The predicted molar refractivity (Wildman–Crippen MR) is 57.7 cm³/mol. The van der Waals surface area contributed by atoms with Crippen molar-refractivity contribution in [3.05, 3.63) is 29.1 Å². The van der Waals surface area contributed by atoms with Crippen LogP contribution in [0.3, 0.4) is 0 Å². The number of rotatable bonds is 3. The van der Waals surface area contributed by atoms with Crippen LogP contribution in [0.1, 0.15) is 18.1 Å². The number of methoxy groups -OCH3 is 1. The van der Waals surface area contributed by atoms with E-state index >= 15 is 0 Å². The van der Waals surface area contributed by atoms with Crippen LogP contribution in [0.15, 0.2) is 12.1 Å². The summed E-state index contributed by atoms with van der Waals surface area (Å²) in [5.41, 5.74) is 0.799. The van der Waals surface area contributed by atoms with Gasteiger partial charge in [-0.25, -0.2) is 4.39 Å². The van der Waals surface area contributed by atoms with Crippen molar-refractivity contribution >= 4 is 5.97 Å². The van der Waals surface area contributed by atoms with Crippen LogP contribution >= 0.6 is 0 Å². The van der Waals surface area contributed by atoms with Crippen LogP contribution in [0.2, 0.25) is 0 Å². The number of aromatic hydroxyl groups is 1. The fourth-order valence-corrected chi connectivity index (χ4v) is 1.47. The topological polar surface area (TPSA) is 46.5 Å². The minimum Gasteiger partial charge on any atom is -0.505 e. The molecule has 88 valence electrons. The molecule has 16 heavy (non-hydrogen) atoms. The van der Waals surface area contributed by atoms with Crippen LogP contribution in [-0.2, 0) is 16.0 Å². The van der Waals surface area contributed by atoms with Gasteiger partial charge in [0, 0.05) is 0 Å². The Morgan fingerprint density at radius 2 is 2.19 bits per heavy atom. The van der Waals surface area contributed by atoms with Crippen molar-refractivity contribution in [2.75, 3.05) is 7.11 Å². The fourth-order valence-electron chi connectivity index (χ4n) is 1.47. The van der Waals surface area contributed by atoms with Gasteiger partial charge in [0.25, 0.3) is 0 Å². The van der Waals surface area contributed by atoms with Gasteiger partial charge in [-0.2, -0.15) is 0 Å². The molecule has 1 unspecified atom stereocenters. The minimum absolute atomic E-state index is 0.215. The lowest BCUT2D eigenvalue weighted by Crippen LogP contribution is -2.15. The number of phenolic OH excluding ortho intramolecular Hbond substituents is 1. The number of hydrogen-bond acceptors (Lipinski definition) is 3. The number of hydrogen-bond donors (Lipinski definition) is 1. The van der Waals surface area contributed by atoms with Crippen molar-refractivity contribution in [2.24, 2.45) is 5.92 Å². The summed E-state index contributed by atoms with van der Waals surface area (Å²) in [6.45, 7) is 3.27. The van der Waals surface area contributed by atoms with Gasteiger partial charge < -0.3 is 9.84 Å². The molecular formula is C12H15FO3. The third-order valence-corrected chi connectivity index (χ3v) is 2.53. The first-order chi connectivity index (χ1) is 7.47. The number of halogens is 1. The maximum absolute atomic E-state index is 13.6. The van der Waals surface area contributed by atoms with Gasteiger partial charge >= 0.3 is 5.97 Å². The first-order valence-corrected chi connectivity index (χ1v) is 5.02. The molecule has 0 bridgehead atoms. The monoisotopic (exact) mass is 226 g/mol. The van der Waals surface area contributed by atoms with Crippen molar-refractivity contribution in [3.8, 4) is 5.75 Å². The number of carbonyl (C=O) groups is 1. The maximum atomic E-state index is 13.6. The quantitative estimate of drug-likeness (QED) is 0.803. The number of esters is 1. The second kappa shape index (κ2) is 4.96. The molecule has 0 aliphatic rings. The summed E-state index contributed by atoms with van der Waals surface area (Å²) in [6, 6.07) is 3.20. The normalized spacial score (nSPS) is 12.2. The number of ether oxygens (including phenoxy) is 1. The van der Waals surface area contributed by atoms with E-state index in [-0.39, 0.29) is 18.1 Å². The summed E-state index contributed by atoms with van der Waals surface area (Å²) in [5, 5.41) is 9.40. The van der Waals surface area contributed by atoms with Crippen LogP contribution in [0.25, 0.3) is 0 Å². The third-order valence-electron chi connectivity index (χ3n) is 2.53. The van der Waals surface area contributed by atoms with Crippen LogP contribution in [0.4, 0.5) is 4.39 Å². The average molecular weight is 226 g/mol. The second-order valence-electron chi connectivity index (χ2n) is 3.83. The molecule has 1 atom stereocenters. The van der Waals surface area contributed by atoms with Crippen molar-refractivity contribution in [1.82, 2.24) is 0 Å². The van der Waals surface area contributed by atoms with Gasteiger partial charge in [-0.1, -0.05) is 19.1 Å². The van der Waals surface area contributed by atoms with E-state index in [9.17, 15) is 14.3 Å². The third kappa shape index (κ3) is 2.51. The molecule has 0 saturated heterocycles. The average Bonchev–Trinajstić information content (AvgIpc) is 2.28. The Hall–Kier alpha value is -1.58. The molecule has 1 rings (SSSR count). The first-order valence-electron chi connectivity index (χ1n) is 5.02. The zero-order chi connectivity index (χ0) is 12.3. The van der Waals surface area contributed by atoms with Gasteiger partial charge in [0.05, 0.1) is 13.0 Å².